The summed E-state index contributed by atoms with van der Waals surface area (Å²) in [4.78, 5) is 4.56. The van der Waals surface area contributed by atoms with Gasteiger partial charge in [0.2, 0.25) is 0 Å². The molecule has 0 radical (unpaired) electrons. The minimum absolute atomic E-state index is 0.140. The molecule has 0 aliphatic rings. The monoisotopic (exact) mass is 448 g/mol. The zero-order valence-corrected chi connectivity index (χ0v) is 19.5. The van der Waals surface area contributed by atoms with Crippen LogP contribution >= 0.6 is 0 Å². The molecule has 0 saturated carbocycles. The van der Waals surface area contributed by atoms with Gasteiger partial charge < -0.3 is 16.0 Å². The summed E-state index contributed by atoms with van der Waals surface area (Å²) in [6, 6.07) is 14.3. The Labute approximate surface area is 185 Å². The molecule has 8 heteroatoms. The molecule has 0 aromatic heterocycles. The van der Waals surface area contributed by atoms with Crippen molar-refractivity contribution in [2.24, 2.45) is 10.9 Å². The van der Waals surface area contributed by atoms with Gasteiger partial charge in [-0.2, -0.15) is 0 Å². The highest BCUT2D eigenvalue weighted by Gasteiger charge is 2.14. The number of hydrogen-bond donors (Lipinski definition) is 3. The Morgan fingerprint density at radius 2 is 1.77 bits per heavy atom. The first-order valence-corrected chi connectivity index (χ1v) is 12.5. The van der Waals surface area contributed by atoms with Crippen molar-refractivity contribution in [2.75, 3.05) is 24.7 Å². The molecule has 2 aromatic carbocycles. The van der Waals surface area contributed by atoms with Gasteiger partial charge in [-0.3, -0.25) is 0 Å². The molecule has 1 unspecified atom stereocenters. The van der Waals surface area contributed by atoms with Gasteiger partial charge in [0.05, 0.1) is 12.3 Å². The molecule has 1 atom stereocenters. The van der Waals surface area contributed by atoms with E-state index in [2.05, 4.69) is 34.8 Å². The average Bonchev–Trinajstić information content (AvgIpc) is 2.70. The van der Waals surface area contributed by atoms with Gasteiger partial charge in [-0.1, -0.05) is 38.1 Å². The molecule has 0 aliphatic heterocycles. The number of anilines is 1. The van der Waals surface area contributed by atoms with Crippen LogP contribution in [0.2, 0.25) is 0 Å². The summed E-state index contributed by atoms with van der Waals surface area (Å²) in [7, 11) is -3.23. The predicted octanol–water partition coefficient (Wildman–Crippen LogP) is 3.56. The highest BCUT2D eigenvalue weighted by molar-refractivity contribution is 7.89. The van der Waals surface area contributed by atoms with E-state index in [9.17, 15) is 12.8 Å². The first kappa shape index (κ1) is 24.7. The smallest absolute Gasteiger partial charge is 0.191 e. The van der Waals surface area contributed by atoms with Crippen molar-refractivity contribution in [3.63, 3.8) is 0 Å². The van der Waals surface area contributed by atoms with Crippen molar-refractivity contribution < 1.29 is 12.8 Å². The first-order chi connectivity index (χ1) is 14.7. The number of guanidine groups is 1. The maximum absolute atomic E-state index is 13.8. The van der Waals surface area contributed by atoms with Crippen LogP contribution in [0.5, 0.6) is 0 Å². The van der Waals surface area contributed by atoms with E-state index in [0.29, 0.717) is 36.1 Å². The van der Waals surface area contributed by atoms with Crippen molar-refractivity contribution in [3.8, 4) is 0 Å². The molecule has 170 valence electrons. The average molecular weight is 449 g/mol. The van der Waals surface area contributed by atoms with Gasteiger partial charge in [0.1, 0.15) is 5.82 Å². The van der Waals surface area contributed by atoms with Crippen LogP contribution < -0.4 is 16.0 Å². The number of halogens is 1. The van der Waals surface area contributed by atoms with E-state index in [0.717, 1.165) is 5.69 Å². The molecule has 0 aliphatic carbocycles. The van der Waals surface area contributed by atoms with Crippen LogP contribution in [0, 0.1) is 11.7 Å². The predicted molar refractivity (Wildman–Crippen MR) is 126 cm³/mol. The number of nitrogens with zero attached hydrogens (tertiary/aromatic N) is 1. The van der Waals surface area contributed by atoms with E-state index in [4.69, 9.17) is 0 Å². The maximum Gasteiger partial charge on any atom is 0.191 e. The molecular formula is C23H33FN4O2S. The molecule has 2 aromatic rings. The zero-order chi connectivity index (χ0) is 22.9. The fourth-order valence-corrected chi connectivity index (χ4v) is 3.93. The topological polar surface area (TPSA) is 82.6 Å². The molecule has 0 bridgehead atoms. The zero-order valence-electron chi connectivity index (χ0n) is 18.7. The Balaban J connectivity index is 2.12. The molecule has 0 spiro atoms. The Morgan fingerprint density at radius 1 is 1.06 bits per heavy atom. The lowest BCUT2D eigenvalue weighted by Crippen LogP contribution is -2.44. The minimum Gasteiger partial charge on any atom is -0.380 e. The van der Waals surface area contributed by atoms with Gasteiger partial charge in [-0.15, -0.1) is 0 Å². The molecule has 31 heavy (non-hydrogen) atoms. The van der Waals surface area contributed by atoms with Gasteiger partial charge in [0, 0.05) is 31.1 Å². The Hall–Kier alpha value is -2.61. The van der Waals surface area contributed by atoms with Crippen molar-refractivity contribution in [1.82, 2.24) is 10.6 Å². The molecule has 0 fully saturated rings. The summed E-state index contributed by atoms with van der Waals surface area (Å²) in [5, 5.41) is 10.1. The number of sulfone groups is 1. The third kappa shape index (κ3) is 8.96. The number of aliphatic imine (C=N–C) groups is 1. The molecule has 6 nitrogen and oxygen atoms in total. The van der Waals surface area contributed by atoms with Crippen LogP contribution in [-0.2, 0) is 22.1 Å². The van der Waals surface area contributed by atoms with Crippen LogP contribution in [0.15, 0.2) is 53.5 Å². The van der Waals surface area contributed by atoms with Crippen LogP contribution in [0.4, 0.5) is 10.1 Å². The number of para-hydroxylation sites is 1. The van der Waals surface area contributed by atoms with Gasteiger partial charge in [-0.25, -0.2) is 17.8 Å². The Kier molecular flexibility index (Phi) is 9.30. The second-order valence-corrected chi connectivity index (χ2v) is 10.1. The van der Waals surface area contributed by atoms with Gasteiger partial charge in [0.15, 0.2) is 15.8 Å². The van der Waals surface area contributed by atoms with E-state index < -0.39 is 15.7 Å². The normalized spacial score (nSPS) is 13.2. The van der Waals surface area contributed by atoms with Crippen molar-refractivity contribution in [1.29, 1.82) is 0 Å². The highest BCUT2D eigenvalue weighted by Crippen LogP contribution is 2.16. The lowest BCUT2D eigenvalue weighted by atomic mass is 10.0. The summed E-state index contributed by atoms with van der Waals surface area (Å²) in [6.07, 6.45) is 1.17. The van der Waals surface area contributed by atoms with E-state index in [1.165, 1.54) is 24.5 Å². The summed E-state index contributed by atoms with van der Waals surface area (Å²) >= 11 is 0. The van der Waals surface area contributed by atoms with Crippen LogP contribution in [0.3, 0.4) is 0 Å². The SMILES string of the molecule is CCNC(=NCc1cc(F)ccc1CS(C)(=O)=O)NCC(Nc1ccccc1)C(C)C. The van der Waals surface area contributed by atoms with Crippen LogP contribution in [0.1, 0.15) is 31.9 Å². The lowest BCUT2D eigenvalue weighted by molar-refractivity contribution is 0.512. The van der Waals surface area contributed by atoms with Crippen LogP contribution in [-0.4, -0.2) is 39.8 Å². The van der Waals surface area contributed by atoms with Gasteiger partial charge in [-0.05, 0) is 48.2 Å². The van der Waals surface area contributed by atoms with Crippen molar-refractivity contribution in [3.05, 3.63) is 65.5 Å². The minimum atomic E-state index is -3.23. The third-order valence-corrected chi connectivity index (χ3v) is 5.59. The Morgan fingerprint density at radius 3 is 2.39 bits per heavy atom. The molecule has 0 saturated heterocycles. The van der Waals surface area contributed by atoms with Crippen LogP contribution in [0.25, 0.3) is 0 Å². The van der Waals surface area contributed by atoms with Crippen molar-refractivity contribution >= 4 is 21.5 Å². The Bertz CT molecular complexity index is 963. The third-order valence-electron chi connectivity index (χ3n) is 4.76. The second-order valence-electron chi connectivity index (χ2n) is 7.92. The largest absolute Gasteiger partial charge is 0.380 e. The number of rotatable bonds is 10. The van der Waals surface area contributed by atoms with E-state index in [1.54, 1.807) is 0 Å². The molecule has 3 N–H and O–H groups in total. The number of nitrogens with one attached hydrogen (secondary N) is 3. The summed E-state index contributed by atoms with van der Waals surface area (Å²) in [5.41, 5.74) is 2.18. The summed E-state index contributed by atoms with van der Waals surface area (Å²) in [5.74, 6) is 0.420. The number of benzene rings is 2. The fourth-order valence-electron chi connectivity index (χ4n) is 3.08. The molecule has 2 rings (SSSR count). The van der Waals surface area contributed by atoms with Crippen molar-refractivity contribution in [2.45, 2.75) is 39.1 Å². The standard InChI is InChI=1S/C23H33FN4O2S/c1-5-25-23(27-15-22(17(2)3)28-21-9-7-6-8-10-21)26-14-19-13-20(24)12-11-18(19)16-31(4,29)30/h6-13,17,22,28H,5,14-16H2,1-4H3,(H2,25,26,27). The number of hydrogen-bond acceptors (Lipinski definition) is 4. The summed E-state index contributed by atoms with van der Waals surface area (Å²) in [6.45, 7) is 7.75. The second kappa shape index (κ2) is 11.7. The lowest BCUT2D eigenvalue weighted by Gasteiger charge is -2.25. The van der Waals surface area contributed by atoms with Gasteiger partial charge >= 0.3 is 0 Å². The quantitative estimate of drug-likeness (QED) is 0.382. The highest BCUT2D eigenvalue weighted by atomic mass is 32.2. The van der Waals surface area contributed by atoms with E-state index in [1.807, 2.05) is 37.3 Å². The molecular weight excluding hydrogens is 415 g/mol. The van der Waals surface area contributed by atoms with E-state index in [-0.39, 0.29) is 18.3 Å². The summed E-state index contributed by atoms with van der Waals surface area (Å²) < 4.78 is 37.2. The van der Waals surface area contributed by atoms with Gasteiger partial charge in [0.25, 0.3) is 0 Å². The first-order valence-electron chi connectivity index (χ1n) is 10.5. The van der Waals surface area contributed by atoms with E-state index >= 15 is 0 Å². The fraction of sp³-hybridized carbons (Fsp3) is 0.435. The molecule has 0 amide bonds. The maximum atomic E-state index is 13.8. The molecule has 0 heterocycles.